The van der Waals surface area contributed by atoms with Gasteiger partial charge in [0.05, 0.1) is 5.69 Å². The molecule has 0 fully saturated rings. The molecule has 2 heterocycles. The molecular formula is C22H21N3O4. The highest BCUT2D eigenvalue weighted by molar-refractivity contribution is 5.83. The average Bonchev–Trinajstić information content (AvgIpc) is 3.20. The first-order valence-corrected chi connectivity index (χ1v) is 9.28. The van der Waals surface area contributed by atoms with Crippen LogP contribution in [0.5, 0.6) is 11.5 Å². The van der Waals surface area contributed by atoms with E-state index in [0.717, 1.165) is 11.1 Å². The number of nitrogens with one attached hydrogen (secondary N) is 1. The van der Waals surface area contributed by atoms with Crippen LogP contribution in [0.1, 0.15) is 19.4 Å². The number of benzene rings is 2. The Morgan fingerprint density at radius 2 is 1.83 bits per heavy atom. The molecule has 0 spiro atoms. The fraction of sp³-hybridized carbons (Fsp3) is 0.227. The number of hydrogen-bond acceptors (Lipinski definition) is 5. The number of carbonyl (C=O) groups is 1. The first-order valence-electron chi connectivity index (χ1n) is 9.28. The van der Waals surface area contributed by atoms with Gasteiger partial charge in [-0.15, -0.1) is 0 Å². The third kappa shape index (κ3) is 3.71. The molecule has 0 aliphatic carbocycles. The maximum absolute atomic E-state index is 12.9. The normalized spacial score (nSPS) is 12.6. The molecule has 1 aliphatic rings. The van der Waals surface area contributed by atoms with Gasteiger partial charge < -0.3 is 14.8 Å². The molecule has 4 rings (SSSR count). The van der Waals surface area contributed by atoms with Crippen LogP contribution in [0.15, 0.2) is 65.5 Å². The van der Waals surface area contributed by atoms with Crippen molar-refractivity contribution in [1.82, 2.24) is 15.1 Å². The zero-order valence-electron chi connectivity index (χ0n) is 16.2. The molecule has 1 amide bonds. The van der Waals surface area contributed by atoms with Crippen molar-refractivity contribution in [2.75, 3.05) is 6.79 Å². The second kappa shape index (κ2) is 7.43. The Kier molecular flexibility index (Phi) is 4.80. The highest BCUT2D eigenvalue weighted by atomic mass is 16.7. The summed E-state index contributed by atoms with van der Waals surface area (Å²) in [6, 6.07) is 18.1. The Hall–Kier alpha value is -3.61. The first-order chi connectivity index (χ1) is 13.9. The van der Waals surface area contributed by atoms with Crippen molar-refractivity contribution in [2.45, 2.75) is 25.9 Å². The van der Waals surface area contributed by atoms with Gasteiger partial charge in [-0.1, -0.05) is 36.4 Å². The van der Waals surface area contributed by atoms with E-state index in [9.17, 15) is 9.59 Å². The van der Waals surface area contributed by atoms with Gasteiger partial charge in [-0.05, 0) is 37.6 Å². The molecule has 7 nitrogen and oxygen atoms in total. The minimum absolute atomic E-state index is 0.199. The van der Waals surface area contributed by atoms with Crippen LogP contribution in [0.25, 0.3) is 11.3 Å². The smallest absolute Gasteiger partial charge is 0.267 e. The van der Waals surface area contributed by atoms with Gasteiger partial charge in [-0.3, -0.25) is 9.59 Å². The Balaban J connectivity index is 1.54. The molecule has 0 bridgehead atoms. The Labute approximate surface area is 167 Å². The Bertz CT molecular complexity index is 1110. The lowest BCUT2D eigenvalue weighted by Gasteiger charge is -2.25. The number of aromatic nitrogens is 2. The number of fused-ring (bicyclic) bond motifs is 1. The zero-order chi connectivity index (χ0) is 20.4. The van der Waals surface area contributed by atoms with E-state index in [-0.39, 0.29) is 18.3 Å². The SMILES string of the molecule is CC(C)(C(=O)NCc1ccc2c(c1)OCO2)n1nc(-c2ccccc2)ccc1=O. The minimum atomic E-state index is -1.17. The van der Waals surface area contributed by atoms with Gasteiger partial charge >= 0.3 is 0 Å². The van der Waals surface area contributed by atoms with Crippen molar-refractivity contribution in [1.29, 1.82) is 0 Å². The molecule has 7 heteroatoms. The van der Waals surface area contributed by atoms with Crippen molar-refractivity contribution in [3.63, 3.8) is 0 Å². The van der Waals surface area contributed by atoms with E-state index in [1.54, 1.807) is 19.9 Å². The maximum atomic E-state index is 12.9. The fourth-order valence-electron chi connectivity index (χ4n) is 3.12. The second-order valence-electron chi connectivity index (χ2n) is 7.26. The van der Waals surface area contributed by atoms with Crippen molar-refractivity contribution < 1.29 is 14.3 Å². The average molecular weight is 391 g/mol. The summed E-state index contributed by atoms with van der Waals surface area (Å²) >= 11 is 0. The number of hydrogen-bond donors (Lipinski definition) is 1. The van der Waals surface area contributed by atoms with Crippen molar-refractivity contribution in [2.24, 2.45) is 0 Å². The first kappa shape index (κ1) is 18.7. The third-order valence-electron chi connectivity index (χ3n) is 4.85. The van der Waals surface area contributed by atoms with Gasteiger partial charge in [0.1, 0.15) is 5.54 Å². The van der Waals surface area contributed by atoms with Gasteiger partial charge in [-0.25, -0.2) is 4.68 Å². The number of amides is 1. The van der Waals surface area contributed by atoms with E-state index in [1.807, 2.05) is 48.5 Å². The Morgan fingerprint density at radius 3 is 2.62 bits per heavy atom. The molecule has 0 saturated heterocycles. The minimum Gasteiger partial charge on any atom is -0.454 e. The maximum Gasteiger partial charge on any atom is 0.267 e. The second-order valence-corrected chi connectivity index (χ2v) is 7.26. The number of ether oxygens (including phenoxy) is 2. The molecule has 2 aromatic carbocycles. The highest BCUT2D eigenvalue weighted by Crippen LogP contribution is 2.32. The molecule has 1 N–H and O–H groups in total. The van der Waals surface area contributed by atoms with E-state index in [2.05, 4.69) is 10.4 Å². The summed E-state index contributed by atoms with van der Waals surface area (Å²) in [6.07, 6.45) is 0. The predicted molar refractivity (Wildman–Crippen MR) is 108 cm³/mol. The van der Waals surface area contributed by atoms with E-state index in [1.165, 1.54) is 10.7 Å². The lowest BCUT2D eigenvalue weighted by Crippen LogP contribution is -2.49. The quantitative estimate of drug-likeness (QED) is 0.723. The van der Waals surface area contributed by atoms with Gasteiger partial charge in [0.25, 0.3) is 5.56 Å². The van der Waals surface area contributed by atoms with E-state index < -0.39 is 5.54 Å². The molecule has 0 radical (unpaired) electrons. The van der Waals surface area contributed by atoms with Gasteiger partial charge in [0, 0.05) is 18.2 Å². The van der Waals surface area contributed by atoms with Crippen LogP contribution in [0.4, 0.5) is 0 Å². The molecule has 0 atom stereocenters. The standard InChI is InChI=1S/C22H21N3O4/c1-22(2,21(27)23-13-15-8-10-18-19(12-15)29-14-28-18)25-20(26)11-9-17(24-25)16-6-4-3-5-7-16/h3-12H,13-14H2,1-2H3,(H,23,27). The predicted octanol–water partition coefficient (Wildman–Crippen LogP) is 2.69. The lowest BCUT2D eigenvalue weighted by molar-refractivity contribution is -0.129. The van der Waals surface area contributed by atoms with Gasteiger partial charge in [-0.2, -0.15) is 5.10 Å². The molecule has 0 saturated carbocycles. The van der Waals surface area contributed by atoms with Crippen LogP contribution >= 0.6 is 0 Å². The van der Waals surface area contributed by atoms with Crippen LogP contribution in [0.3, 0.4) is 0 Å². The topological polar surface area (TPSA) is 82.4 Å². The van der Waals surface area contributed by atoms with Crippen molar-refractivity contribution in [3.8, 4) is 22.8 Å². The van der Waals surface area contributed by atoms with Crippen LogP contribution < -0.4 is 20.3 Å². The molecule has 0 unspecified atom stereocenters. The van der Waals surface area contributed by atoms with Crippen LogP contribution in [-0.2, 0) is 16.9 Å². The highest BCUT2D eigenvalue weighted by Gasteiger charge is 2.32. The number of rotatable bonds is 5. The summed E-state index contributed by atoms with van der Waals surface area (Å²) in [7, 11) is 0. The van der Waals surface area contributed by atoms with Crippen LogP contribution in [0.2, 0.25) is 0 Å². The summed E-state index contributed by atoms with van der Waals surface area (Å²) in [5.74, 6) is 1.04. The monoisotopic (exact) mass is 391 g/mol. The van der Waals surface area contributed by atoms with Crippen LogP contribution in [-0.4, -0.2) is 22.5 Å². The third-order valence-corrected chi connectivity index (χ3v) is 4.85. The fourth-order valence-corrected chi connectivity index (χ4v) is 3.12. The summed E-state index contributed by atoms with van der Waals surface area (Å²) in [4.78, 5) is 25.4. The summed E-state index contributed by atoms with van der Waals surface area (Å²) in [5, 5.41) is 7.32. The molecule has 29 heavy (non-hydrogen) atoms. The summed E-state index contributed by atoms with van der Waals surface area (Å²) in [6.45, 7) is 3.84. The van der Waals surface area contributed by atoms with Gasteiger partial charge in [0.15, 0.2) is 11.5 Å². The van der Waals surface area contributed by atoms with E-state index >= 15 is 0 Å². The van der Waals surface area contributed by atoms with Crippen LogP contribution in [0, 0.1) is 0 Å². The molecular weight excluding hydrogens is 370 g/mol. The number of carbonyl (C=O) groups excluding carboxylic acids is 1. The molecule has 3 aromatic rings. The van der Waals surface area contributed by atoms with Crippen molar-refractivity contribution in [3.05, 3.63) is 76.6 Å². The van der Waals surface area contributed by atoms with E-state index in [0.29, 0.717) is 23.7 Å². The summed E-state index contributed by atoms with van der Waals surface area (Å²) < 4.78 is 11.9. The lowest BCUT2D eigenvalue weighted by atomic mass is 10.0. The Morgan fingerprint density at radius 1 is 1.07 bits per heavy atom. The van der Waals surface area contributed by atoms with E-state index in [4.69, 9.17) is 9.47 Å². The largest absolute Gasteiger partial charge is 0.454 e. The molecule has 148 valence electrons. The molecule has 1 aliphatic heterocycles. The van der Waals surface area contributed by atoms with Crippen molar-refractivity contribution >= 4 is 5.91 Å². The summed E-state index contributed by atoms with van der Waals surface area (Å²) in [5.41, 5.74) is 0.863. The number of nitrogens with zero attached hydrogens (tertiary/aromatic N) is 2. The molecule has 1 aromatic heterocycles. The zero-order valence-corrected chi connectivity index (χ0v) is 16.2. The van der Waals surface area contributed by atoms with Gasteiger partial charge in [0.2, 0.25) is 12.7 Å².